The van der Waals surface area contributed by atoms with E-state index in [0.29, 0.717) is 5.57 Å². The van der Waals surface area contributed by atoms with Gasteiger partial charge >= 0.3 is 12.4 Å². The molecule has 1 aliphatic carbocycles. The molecule has 3 N–H and O–H groups in total. The van der Waals surface area contributed by atoms with Gasteiger partial charge in [0.05, 0.1) is 11.6 Å². The molecule has 1 unspecified atom stereocenters. The molecule has 0 saturated carbocycles. The lowest BCUT2D eigenvalue weighted by Gasteiger charge is -2.48. The SMILES string of the molecule is CC1=C/C(=N/N)C(C(O)(C(F)(F)F)C(F)(F)F)C(C)(C)C1. The molecule has 0 aliphatic heterocycles. The Balaban J connectivity index is 3.64. The second-order valence-corrected chi connectivity index (χ2v) is 5.90. The minimum atomic E-state index is -5.91. The summed E-state index contributed by atoms with van der Waals surface area (Å²) in [5, 5.41) is 12.7. The first kappa shape index (κ1) is 17.8. The highest BCUT2D eigenvalue weighted by atomic mass is 19.4. The summed E-state index contributed by atoms with van der Waals surface area (Å²) < 4.78 is 78.3. The van der Waals surface area contributed by atoms with Crippen molar-refractivity contribution in [3.05, 3.63) is 11.6 Å². The minimum absolute atomic E-state index is 0.0504. The lowest BCUT2D eigenvalue weighted by molar-refractivity contribution is -0.385. The number of nitrogens with two attached hydrogens (primary N) is 1. The first-order valence-corrected chi connectivity index (χ1v) is 5.99. The molecule has 1 atom stereocenters. The van der Waals surface area contributed by atoms with E-state index >= 15 is 0 Å². The molecular weight excluding hydrogens is 302 g/mol. The molecule has 9 heteroatoms. The van der Waals surface area contributed by atoms with Crippen molar-refractivity contribution in [2.75, 3.05) is 0 Å². The van der Waals surface area contributed by atoms with Crippen LogP contribution in [0.15, 0.2) is 16.8 Å². The monoisotopic (exact) mass is 318 g/mol. The van der Waals surface area contributed by atoms with Crippen LogP contribution in [0, 0.1) is 11.3 Å². The van der Waals surface area contributed by atoms with Crippen molar-refractivity contribution in [3.8, 4) is 0 Å². The van der Waals surface area contributed by atoms with E-state index in [0.717, 1.165) is 6.08 Å². The average Bonchev–Trinajstić information content (AvgIpc) is 2.22. The highest BCUT2D eigenvalue weighted by Gasteiger charge is 2.76. The number of aliphatic hydroxyl groups is 1. The van der Waals surface area contributed by atoms with Crippen LogP contribution in [0.2, 0.25) is 0 Å². The van der Waals surface area contributed by atoms with Gasteiger partial charge in [0.25, 0.3) is 5.60 Å². The fourth-order valence-corrected chi connectivity index (χ4v) is 2.99. The van der Waals surface area contributed by atoms with Gasteiger partial charge in [-0.2, -0.15) is 31.4 Å². The standard InChI is InChI=1S/C12H16F6N2O/c1-6-4-7(20-19)8(9(2,3)5-6)10(21,11(13,14)15)12(16,17)18/h4,8,21H,5,19H2,1-3H3/b20-7-. The van der Waals surface area contributed by atoms with Gasteiger partial charge in [-0.15, -0.1) is 0 Å². The maximum absolute atomic E-state index is 13.0. The number of allylic oxidation sites excluding steroid dienone is 2. The molecule has 1 rings (SSSR count). The Hall–Kier alpha value is -1.25. The van der Waals surface area contributed by atoms with Crippen molar-refractivity contribution in [2.45, 2.75) is 45.1 Å². The van der Waals surface area contributed by atoms with Gasteiger partial charge in [0.2, 0.25) is 0 Å². The van der Waals surface area contributed by atoms with E-state index in [1.165, 1.54) is 13.8 Å². The number of rotatable bonds is 1. The third-order valence-corrected chi connectivity index (χ3v) is 3.64. The molecule has 0 aromatic rings. The van der Waals surface area contributed by atoms with Gasteiger partial charge in [0, 0.05) is 0 Å². The van der Waals surface area contributed by atoms with E-state index in [4.69, 9.17) is 5.84 Å². The van der Waals surface area contributed by atoms with E-state index in [1.54, 1.807) is 6.92 Å². The summed E-state index contributed by atoms with van der Waals surface area (Å²) in [4.78, 5) is 0. The van der Waals surface area contributed by atoms with Crippen LogP contribution in [0.4, 0.5) is 26.3 Å². The Labute approximate surface area is 117 Å². The maximum atomic E-state index is 13.0. The highest BCUT2D eigenvalue weighted by Crippen LogP contribution is 2.55. The summed E-state index contributed by atoms with van der Waals surface area (Å²) in [5.74, 6) is 2.61. The van der Waals surface area contributed by atoms with Crippen LogP contribution >= 0.6 is 0 Å². The first-order valence-electron chi connectivity index (χ1n) is 5.99. The van der Waals surface area contributed by atoms with E-state index in [2.05, 4.69) is 5.10 Å². The van der Waals surface area contributed by atoms with Gasteiger partial charge in [-0.3, -0.25) is 0 Å². The molecule has 0 aromatic heterocycles. The predicted molar refractivity (Wildman–Crippen MR) is 64.3 cm³/mol. The van der Waals surface area contributed by atoms with Crippen LogP contribution in [0.1, 0.15) is 27.2 Å². The normalized spacial score (nSPS) is 25.9. The molecule has 0 aromatic carbocycles. The third-order valence-electron chi connectivity index (χ3n) is 3.64. The zero-order chi connectivity index (χ0) is 16.9. The minimum Gasteiger partial charge on any atom is -0.373 e. The molecule has 0 radical (unpaired) electrons. The number of halogens is 6. The zero-order valence-corrected chi connectivity index (χ0v) is 11.6. The van der Waals surface area contributed by atoms with Crippen LogP contribution in [0.5, 0.6) is 0 Å². The first-order chi connectivity index (χ1) is 9.18. The average molecular weight is 318 g/mol. The Morgan fingerprint density at radius 3 is 1.95 bits per heavy atom. The van der Waals surface area contributed by atoms with Gasteiger partial charge in [0.1, 0.15) is 0 Å². The third kappa shape index (κ3) is 2.75. The van der Waals surface area contributed by atoms with Gasteiger partial charge in [-0.25, -0.2) is 0 Å². The molecule has 0 fully saturated rings. The molecule has 0 saturated heterocycles. The fraction of sp³-hybridized carbons (Fsp3) is 0.750. The summed E-state index contributed by atoms with van der Waals surface area (Å²) in [5.41, 5.74) is -6.54. The molecule has 0 heterocycles. The lowest BCUT2D eigenvalue weighted by atomic mass is 9.61. The summed E-state index contributed by atoms with van der Waals surface area (Å²) in [6, 6.07) is 0. The lowest BCUT2D eigenvalue weighted by Crippen LogP contribution is -2.67. The molecule has 0 bridgehead atoms. The van der Waals surface area contributed by atoms with Crippen molar-refractivity contribution in [2.24, 2.45) is 22.3 Å². The van der Waals surface area contributed by atoms with Gasteiger partial charge < -0.3 is 10.9 Å². The summed E-state index contributed by atoms with van der Waals surface area (Å²) in [6.45, 7) is 3.97. The van der Waals surface area contributed by atoms with E-state index < -0.39 is 35.0 Å². The molecule has 0 spiro atoms. The zero-order valence-electron chi connectivity index (χ0n) is 11.6. The predicted octanol–water partition coefficient (Wildman–Crippen LogP) is 3.15. The van der Waals surface area contributed by atoms with Crippen molar-refractivity contribution in [3.63, 3.8) is 0 Å². The van der Waals surface area contributed by atoms with Crippen molar-refractivity contribution in [1.29, 1.82) is 0 Å². The van der Waals surface area contributed by atoms with E-state index in [-0.39, 0.29) is 6.42 Å². The Bertz CT molecular complexity index is 461. The Morgan fingerprint density at radius 1 is 1.19 bits per heavy atom. The van der Waals surface area contributed by atoms with Crippen LogP contribution in [0.25, 0.3) is 0 Å². The van der Waals surface area contributed by atoms with Crippen molar-refractivity contribution in [1.82, 2.24) is 0 Å². The highest BCUT2D eigenvalue weighted by molar-refractivity contribution is 5.99. The molecule has 0 amide bonds. The second-order valence-electron chi connectivity index (χ2n) is 5.90. The molecule has 1 aliphatic rings. The van der Waals surface area contributed by atoms with Crippen molar-refractivity contribution >= 4 is 5.71 Å². The second kappa shape index (κ2) is 4.89. The molecule has 21 heavy (non-hydrogen) atoms. The smallest absolute Gasteiger partial charge is 0.373 e. The summed E-state index contributed by atoms with van der Waals surface area (Å²) >= 11 is 0. The molecular formula is C12H16F6N2O. The van der Waals surface area contributed by atoms with E-state index in [9.17, 15) is 31.4 Å². The maximum Gasteiger partial charge on any atom is 0.426 e. The largest absolute Gasteiger partial charge is 0.426 e. The van der Waals surface area contributed by atoms with Crippen LogP contribution in [-0.4, -0.2) is 28.8 Å². The quantitative estimate of drug-likeness (QED) is 0.443. The van der Waals surface area contributed by atoms with E-state index in [1.807, 2.05) is 0 Å². The van der Waals surface area contributed by atoms with Crippen LogP contribution < -0.4 is 5.84 Å². The number of hydrazone groups is 1. The van der Waals surface area contributed by atoms with Crippen LogP contribution in [0.3, 0.4) is 0 Å². The summed E-state index contributed by atoms with van der Waals surface area (Å²) in [7, 11) is 0. The number of hydrogen-bond acceptors (Lipinski definition) is 3. The molecule has 122 valence electrons. The van der Waals surface area contributed by atoms with Crippen molar-refractivity contribution < 1.29 is 31.4 Å². The number of hydrogen-bond donors (Lipinski definition) is 2. The Morgan fingerprint density at radius 2 is 1.62 bits per heavy atom. The number of nitrogens with zero attached hydrogens (tertiary/aromatic N) is 1. The van der Waals surface area contributed by atoms with Gasteiger partial charge in [-0.1, -0.05) is 19.4 Å². The fourth-order valence-electron chi connectivity index (χ4n) is 2.99. The van der Waals surface area contributed by atoms with Gasteiger partial charge in [0.15, 0.2) is 0 Å². The molecule has 3 nitrogen and oxygen atoms in total. The van der Waals surface area contributed by atoms with Gasteiger partial charge in [-0.05, 0) is 24.8 Å². The number of alkyl halides is 6. The van der Waals surface area contributed by atoms with Crippen LogP contribution in [-0.2, 0) is 0 Å². The topological polar surface area (TPSA) is 58.6 Å². The summed E-state index contributed by atoms with van der Waals surface area (Å²) in [6.07, 6.45) is -10.8. The Kier molecular flexibility index (Phi) is 4.15.